The van der Waals surface area contributed by atoms with Crippen LogP contribution in [0.4, 0.5) is 4.39 Å². The van der Waals surface area contributed by atoms with Gasteiger partial charge in [0.05, 0.1) is 6.20 Å². The Hall–Kier alpha value is -1.77. The SMILES string of the molecule is CC(C)(C)c1ccc(CCC(C)(C)c2cncc(F)c2)cn1. The molecule has 2 heterocycles. The van der Waals surface area contributed by atoms with E-state index in [1.807, 2.05) is 6.20 Å². The average molecular weight is 300 g/mol. The molecule has 2 aromatic heterocycles. The van der Waals surface area contributed by atoms with Gasteiger partial charge in [-0.05, 0) is 41.5 Å². The van der Waals surface area contributed by atoms with Gasteiger partial charge in [0.25, 0.3) is 0 Å². The summed E-state index contributed by atoms with van der Waals surface area (Å²) in [6, 6.07) is 5.83. The van der Waals surface area contributed by atoms with Gasteiger partial charge in [-0.3, -0.25) is 9.97 Å². The van der Waals surface area contributed by atoms with Gasteiger partial charge in [0, 0.05) is 23.5 Å². The van der Waals surface area contributed by atoms with Crippen LogP contribution in [-0.2, 0) is 17.3 Å². The van der Waals surface area contributed by atoms with E-state index < -0.39 is 0 Å². The summed E-state index contributed by atoms with van der Waals surface area (Å²) in [4.78, 5) is 8.52. The molecular weight excluding hydrogens is 275 g/mol. The highest BCUT2D eigenvalue weighted by Gasteiger charge is 2.21. The molecule has 3 heteroatoms. The fourth-order valence-corrected chi connectivity index (χ4v) is 2.40. The number of aryl methyl sites for hydroxylation is 1. The summed E-state index contributed by atoms with van der Waals surface area (Å²) < 4.78 is 13.3. The van der Waals surface area contributed by atoms with Gasteiger partial charge < -0.3 is 0 Å². The highest BCUT2D eigenvalue weighted by molar-refractivity contribution is 5.23. The Labute approximate surface area is 132 Å². The molecule has 22 heavy (non-hydrogen) atoms. The maximum absolute atomic E-state index is 13.3. The molecule has 0 atom stereocenters. The molecule has 0 aliphatic rings. The number of halogens is 1. The lowest BCUT2D eigenvalue weighted by Gasteiger charge is -2.25. The molecule has 0 saturated heterocycles. The van der Waals surface area contributed by atoms with E-state index in [1.54, 1.807) is 12.3 Å². The minimum Gasteiger partial charge on any atom is -0.261 e. The van der Waals surface area contributed by atoms with E-state index in [0.29, 0.717) is 0 Å². The smallest absolute Gasteiger partial charge is 0.141 e. The van der Waals surface area contributed by atoms with Crippen molar-refractivity contribution in [3.63, 3.8) is 0 Å². The first kappa shape index (κ1) is 16.6. The molecule has 0 amide bonds. The molecule has 0 aliphatic heterocycles. The first-order chi connectivity index (χ1) is 10.2. The van der Waals surface area contributed by atoms with Crippen molar-refractivity contribution in [3.8, 4) is 0 Å². The van der Waals surface area contributed by atoms with Crippen LogP contribution >= 0.6 is 0 Å². The van der Waals surface area contributed by atoms with Gasteiger partial charge in [-0.2, -0.15) is 0 Å². The Morgan fingerprint density at radius 3 is 2.27 bits per heavy atom. The van der Waals surface area contributed by atoms with Crippen molar-refractivity contribution < 1.29 is 4.39 Å². The maximum Gasteiger partial charge on any atom is 0.141 e. The van der Waals surface area contributed by atoms with E-state index in [2.05, 4.69) is 56.7 Å². The van der Waals surface area contributed by atoms with Crippen LogP contribution in [-0.4, -0.2) is 9.97 Å². The third-order valence-electron chi connectivity index (χ3n) is 4.12. The molecule has 0 N–H and O–H groups in total. The molecule has 0 aliphatic carbocycles. The Kier molecular flexibility index (Phi) is 4.64. The third kappa shape index (κ3) is 4.12. The van der Waals surface area contributed by atoms with Crippen LogP contribution in [0.2, 0.25) is 0 Å². The molecular formula is C19H25FN2. The minimum absolute atomic E-state index is 0.0744. The highest BCUT2D eigenvalue weighted by Crippen LogP contribution is 2.28. The van der Waals surface area contributed by atoms with Gasteiger partial charge in [0.1, 0.15) is 5.82 Å². The second kappa shape index (κ2) is 6.15. The number of nitrogens with zero attached hydrogens (tertiary/aromatic N) is 2. The number of pyridine rings is 2. The van der Waals surface area contributed by atoms with Crippen LogP contribution in [0.25, 0.3) is 0 Å². The van der Waals surface area contributed by atoms with Crippen LogP contribution in [0.15, 0.2) is 36.8 Å². The van der Waals surface area contributed by atoms with Crippen LogP contribution in [0.5, 0.6) is 0 Å². The molecule has 2 nitrogen and oxygen atoms in total. The number of hydrogen-bond donors (Lipinski definition) is 0. The van der Waals surface area contributed by atoms with Crippen molar-refractivity contribution in [2.45, 2.75) is 58.3 Å². The van der Waals surface area contributed by atoms with Gasteiger partial charge in [0.15, 0.2) is 0 Å². The third-order valence-corrected chi connectivity index (χ3v) is 4.12. The van der Waals surface area contributed by atoms with E-state index in [0.717, 1.165) is 24.1 Å². The van der Waals surface area contributed by atoms with Crippen LogP contribution < -0.4 is 0 Å². The van der Waals surface area contributed by atoms with Crippen molar-refractivity contribution in [1.29, 1.82) is 0 Å². The fraction of sp³-hybridized carbons (Fsp3) is 0.474. The summed E-state index contributed by atoms with van der Waals surface area (Å²) in [6.45, 7) is 10.7. The lowest BCUT2D eigenvalue weighted by Crippen LogP contribution is -2.19. The number of rotatable bonds is 4. The second-order valence-electron chi connectivity index (χ2n) is 7.58. The van der Waals surface area contributed by atoms with Crippen LogP contribution in [0.1, 0.15) is 57.9 Å². The van der Waals surface area contributed by atoms with Crippen molar-refractivity contribution in [3.05, 3.63) is 59.4 Å². The number of hydrogen-bond acceptors (Lipinski definition) is 2. The van der Waals surface area contributed by atoms with Gasteiger partial charge in [-0.1, -0.05) is 40.7 Å². The molecule has 2 aromatic rings. The molecule has 0 radical (unpaired) electrons. The zero-order chi connectivity index (χ0) is 16.4. The molecule has 118 valence electrons. The van der Waals surface area contributed by atoms with Gasteiger partial charge in [-0.25, -0.2) is 4.39 Å². The summed E-state index contributed by atoms with van der Waals surface area (Å²) >= 11 is 0. The zero-order valence-corrected chi connectivity index (χ0v) is 14.2. The molecule has 0 fully saturated rings. The largest absolute Gasteiger partial charge is 0.261 e. The van der Waals surface area contributed by atoms with Crippen molar-refractivity contribution in [2.75, 3.05) is 0 Å². The fourth-order valence-electron chi connectivity index (χ4n) is 2.40. The highest BCUT2D eigenvalue weighted by atomic mass is 19.1. The van der Waals surface area contributed by atoms with Crippen molar-refractivity contribution in [2.24, 2.45) is 0 Å². The predicted molar refractivity (Wildman–Crippen MR) is 88.5 cm³/mol. The zero-order valence-electron chi connectivity index (χ0n) is 14.2. The maximum atomic E-state index is 13.3. The summed E-state index contributed by atoms with van der Waals surface area (Å²) in [6.07, 6.45) is 6.80. The van der Waals surface area contributed by atoms with E-state index in [-0.39, 0.29) is 16.6 Å². The first-order valence-corrected chi connectivity index (χ1v) is 7.75. The van der Waals surface area contributed by atoms with Gasteiger partial charge >= 0.3 is 0 Å². The summed E-state index contributed by atoms with van der Waals surface area (Å²) in [5.41, 5.74) is 3.21. The van der Waals surface area contributed by atoms with Crippen LogP contribution in [0.3, 0.4) is 0 Å². The predicted octanol–water partition coefficient (Wildman–Crippen LogP) is 4.82. The normalized spacial score (nSPS) is 12.5. The van der Waals surface area contributed by atoms with E-state index in [1.165, 1.54) is 11.8 Å². The Bertz CT molecular complexity index is 625. The van der Waals surface area contributed by atoms with Crippen molar-refractivity contribution >= 4 is 0 Å². The lowest BCUT2D eigenvalue weighted by molar-refractivity contribution is 0.472. The quantitative estimate of drug-likeness (QED) is 0.808. The van der Waals surface area contributed by atoms with Gasteiger partial charge in [0.2, 0.25) is 0 Å². The standard InChI is InChI=1S/C19H25FN2/c1-18(2,3)17-7-6-14(11-22-17)8-9-19(4,5)15-10-16(20)13-21-12-15/h6-7,10-13H,8-9H2,1-5H3. The number of aromatic nitrogens is 2. The molecule has 0 bridgehead atoms. The van der Waals surface area contributed by atoms with E-state index in [9.17, 15) is 4.39 Å². The molecule has 0 aromatic carbocycles. The van der Waals surface area contributed by atoms with Crippen LogP contribution in [0, 0.1) is 5.82 Å². The topological polar surface area (TPSA) is 25.8 Å². The monoisotopic (exact) mass is 300 g/mol. The molecule has 0 saturated carbocycles. The summed E-state index contributed by atoms with van der Waals surface area (Å²) in [5.74, 6) is -0.276. The first-order valence-electron chi connectivity index (χ1n) is 7.75. The second-order valence-corrected chi connectivity index (χ2v) is 7.58. The van der Waals surface area contributed by atoms with Gasteiger partial charge in [-0.15, -0.1) is 0 Å². The Morgan fingerprint density at radius 1 is 1.00 bits per heavy atom. The Balaban J connectivity index is 2.06. The minimum atomic E-state index is -0.276. The molecule has 0 unspecified atom stereocenters. The lowest BCUT2D eigenvalue weighted by atomic mass is 9.80. The summed E-state index contributed by atoms with van der Waals surface area (Å²) in [5, 5.41) is 0. The molecule has 0 spiro atoms. The van der Waals surface area contributed by atoms with E-state index in [4.69, 9.17) is 0 Å². The molecule has 2 rings (SSSR count). The summed E-state index contributed by atoms with van der Waals surface area (Å²) in [7, 11) is 0. The average Bonchev–Trinajstić information content (AvgIpc) is 2.45. The van der Waals surface area contributed by atoms with E-state index >= 15 is 0 Å². The Morgan fingerprint density at radius 2 is 1.73 bits per heavy atom. The van der Waals surface area contributed by atoms with Crippen molar-refractivity contribution in [1.82, 2.24) is 9.97 Å².